The lowest BCUT2D eigenvalue weighted by atomic mass is 9.96. The third-order valence-electron chi connectivity index (χ3n) is 4.79. The van der Waals surface area contributed by atoms with Crippen molar-refractivity contribution in [3.8, 4) is 5.88 Å². The van der Waals surface area contributed by atoms with Crippen LogP contribution in [0.2, 0.25) is 0 Å². The van der Waals surface area contributed by atoms with Crippen molar-refractivity contribution < 1.29 is 19.0 Å². The van der Waals surface area contributed by atoms with E-state index in [9.17, 15) is 4.79 Å². The van der Waals surface area contributed by atoms with E-state index in [1.165, 1.54) is 0 Å². The molecule has 0 bridgehead atoms. The molecule has 138 valence electrons. The molecule has 2 saturated heterocycles. The third kappa shape index (κ3) is 4.68. The van der Waals surface area contributed by atoms with Crippen molar-refractivity contribution >= 4 is 5.91 Å². The number of rotatable bonds is 7. The first-order valence-corrected chi connectivity index (χ1v) is 9.05. The molecule has 2 aliphatic rings. The number of nitrogens with one attached hydrogen (secondary N) is 1. The molecule has 1 N–H and O–H groups in total. The van der Waals surface area contributed by atoms with Gasteiger partial charge >= 0.3 is 0 Å². The Bertz CT molecular complexity index is 557. The molecular weight excluding hydrogens is 322 g/mol. The van der Waals surface area contributed by atoms with Crippen LogP contribution >= 0.6 is 0 Å². The van der Waals surface area contributed by atoms with Crippen molar-refractivity contribution in [2.75, 3.05) is 52.7 Å². The van der Waals surface area contributed by atoms with Gasteiger partial charge in [0.1, 0.15) is 5.56 Å². The highest BCUT2D eigenvalue weighted by Crippen LogP contribution is 2.22. The Balaban J connectivity index is 1.64. The molecule has 7 heteroatoms. The van der Waals surface area contributed by atoms with Gasteiger partial charge in [-0.2, -0.15) is 0 Å². The van der Waals surface area contributed by atoms with E-state index in [1.807, 2.05) is 6.92 Å². The first-order chi connectivity index (χ1) is 12.3. The first kappa shape index (κ1) is 18.1. The summed E-state index contributed by atoms with van der Waals surface area (Å²) in [5.74, 6) is 0.682. The van der Waals surface area contributed by atoms with Crippen molar-refractivity contribution in [1.82, 2.24) is 15.2 Å². The zero-order valence-corrected chi connectivity index (χ0v) is 14.8. The molecule has 3 heterocycles. The zero-order valence-electron chi connectivity index (χ0n) is 14.8. The average molecular weight is 349 g/mol. The maximum absolute atomic E-state index is 12.6. The summed E-state index contributed by atoms with van der Waals surface area (Å²) < 4.78 is 16.5. The minimum Gasteiger partial charge on any atom is -0.477 e. The average Bonchev–Trinajstić information content (AvgIpc) is 3.18. The molecule has 3 rings (SSSR count). The molecule has 2 fully saturated rings. The highest BCUT2D eigenvalue weighted by Gasteiger charge is 2.32. The van der Waals surface area contributed by atoms with Crippen molar-refractivity contribution in [2.24, 2.45) is 5.92 Å². The molecule has 1 aromatic rings. The Morgan fingerprint density at radius 2 is 2.24 bits per heavy atom. The number of carbonyl (C=O) groups is 1. The maximum Gasteiger partial charge on any atom is 0.256 e. The minimum atomic E-state index is -0.145. The summed E-state index contributed by atoms with van der Waals surface area (Å²) in [6.07, 6.45) is 2.67. The summed E-state index contributed by atoms with van der Waals surface area (Å²) in [4.78, 5) is 19.2. The summed E-state index contributed by atoms with van der Waals surface area (Å²) >= 11 is 0. The highest BCUT2D eigenvalue weighted by molar-refractivity contribution is 5.96. The van der Waals surface area contributed by atoms with Crippen LogP contribution in [0.3, 0.4) is 0 Å². The van der Waals surface area contributed by atoms with Gasteiger partial charge in [-0.15, -0.1) is 0 Å². The fourth-order valence-corrected chi connectivity index (χ4v) is 3.47. The Labute approximate surface area is 148 Å². The zero-order chi connectivity index (χ0) is 17.5. The number of morpholine rings is 1. The van der Waals surface area contributed by atoms with E-state index in [0.29, 0.717) is 30.5 Å². The summed E-state index contributed by atoms with van der Waals surface area (Å²) in [7, 11) is 0. The Morgan fingerprint density at radius 1 is 1.40 bits per heavy atom. The molecule has 0 unspecified atom stereocenters. The molecule has 0 radical (unpaired) electrons. The molecule has 1 amide bonds. The van der Waals surface area contributed by atoms with Crippen LogP contribution in [0.25, 0.3) is 0 Å². The number of hydrogen-bond acceptors (Lipinski definition) is 6. The molecule has 7 nitrogen and oxygen atoms in total. The Hall–Kier alpha value is -1.70. The number of pyridine rings is 1. The predicted molar refractivity (Wildman–Crippen MR) is 92.8 cm³/mol. The quantitative estimate of drug-likeness (QED) is 0.790. The van der Waals surface area contributed by atoms with Gasteiger partial charge in [-0.05, 0) is 25.5 Å². The SMILES string of the molecule is CCOc1ncccc1C(=O)NC[C@H]([C@@H]1CCOC1)N1CCOCC1. The van der Waals surface area contributed by atoms with Crippen LogP contribution in [0.1, 0.15) is 23.7 Å². The van der Waals surface area contributed by atoms with Gasteiger partial charge in [-0.1, -0.05) is 0 Å². The van der Waals surface area contributed by atoms with Crippen molar-refractivity contribution in [3.63, 3.8) is 0 Å². The lowest BCUT2D eigenvalue weighted by molar-refractivity contribution is 0.00166. The van der Waals surface area contributed by atoms with Crippen LogP contribution in [0.5, 0.6) is 5.88 Å². The van der Waals surface area contributed by atoms with E-state index in [0.717, 1.165) is 45.9 Å². The van der Waals surface area contributed by atoms with E-state index >= 15 is 0 Å². The second kappa shape index (κ2) is 9.12. The van der Waals surface area contributed by atoms with Crippen molar-refractivity contribution in [2.45, 2.75) is 19.4 Å². The third-order valence-corrected chi connectivity index (χ3v) is 4.79. The van der Waals surface area contributed by atoms with Gasteiger partial charge in [-0.25, -0.2) is 4.98 Å². The van der Waals surface area contributed by atoms with Gasteiger partial charge in [0.15, 0.2) is 0 Å². The number of aromatic nitrogens is 1. The normalized spacial score (nSPS) is 22.5. The maximum atomic E-state index is 12.6. The van der Waals surface area contributed by atoms with E-state index in [4.69, 9.17) is 14.2 Å². The molecule has 2 aliphatic heterocycles. The number of nitrogens with zero attached hydrogens (tertiary/aromatic N) is 2. The Morgan fingerprint density at radius 3 is 2.96 bits per heavy atom. The van der Waals surface area contributed by atoms with Crippen molar-refractivity contribution in [1.29, 1.82) is 0 Å². The standard InChI is InChI=1S/C18H27N3O4/c1-2-25-18-15(4-3-6-19-18)17(22)20-12-16(14-5-9-24-13-14)21-7-10-23-11-8-21/h3-4,6,14,16H,2,5,7-13H2,1H3,(H,20,22)/t14-,16-/m1/s1. The van der Waals surface area contributed by atoms with Crippen LogP contribution in [0.4, 0.5) is 0 Å². The molecule has 0 aliphatic carbocycles. The van der Waals surface area contributed by atoms with Crippen LogP contribution in [-0.4, -0.2) is 74.5 Å². The summed E-state index contributed by atoms with van der Waals surface area (Å²) in [5, 5.41) is 3.08. The van der Waals surface area contributed by atoms with Crippen LogP contribution in [0, 0.1) is 5.92 Å². The van der Waals surface area contributed by atoms with E-state index in [-0.39, 0.29) is 11.9 Å². The van der Waals surface area contributed by atoms with Gasteiger partial charge < -0.3 is 19.5 Å². The van der Waals surface area contributed by atoms with Gasteiger partial charge in [0.2, 0.25) is 5.88 Å². The summed E-state index contributed by atoms with van der Waals surface area (Å²) in [6, 6.07) is 3.76. The van der Waals surface area contributed by atoms with Crippen LogP contribution < -0.4 is 10.1 Å². The van der Waals surface area contributed by atoms with Gasteiger partial charge in [0.05, 0.1) is 26.4 Å². The van der Waals surface area contributed by atoms with Crippen LogP contribution in [0.15, 0.2) is 18.3 Å². The number of carbonyl (C=O) groups excluding carboxylic acids is 1. The number of ether oxygens (including phenoxy) is 3. The molecule has 25 heavy (non-hydrogen) atoms. The molecular formula is C18H27N3O4. The van der Waals surface area contributed by atoms with Crippen LogP contribution in [-0.2, 0) is 9.47 Å². The number of amides is 1. The molecule has 0 spiro atoms. The second-order valence-electron chi connectivity index (χ2n) is 6.34. The fraction of sp³-hybridized carbons (Fsp3) is 0.667. The fourth-order valence-electron chi connectivity index (χ4n) is 3.47. The molecule has 0 saturated carbocycles. The van der Waals surface area contributed by atoms with Gasteiger partial charge in [0.25, 0.3) is 5.91 Å². The van der Waals surface area contributed by atoms with Gasteiger partial charge in [-0.3, -0.25) is 9.69 Å². The minimum absolute atomic E-state index is 0.145. The largest absolute Gasteiger partial charge is 0.477 e. The Kier molecular flexibility index (Phi) is 6.61. The monoisotopic (exact) mass is 349 g/mol. The van der Waals surface area contributed by atoms with E-state index in [1.54, 1.807) is 18.3 Å². The smallest absolute Gasteiger partial charge is 0.256 e. The van der Waals surface area contributed by atoms with E-state index < -0.39 is 0 Å². The summed E-state index contributed by atoms with van der Waals surface area (Å²) in [6.45, 7) is 7.79. The second-order valence-corrected chi connectivity index (χ2v) is 6.34. The lowest BCUT2D eigenvalue weighted by Crippen LogP contribution is -2.52. The highest BCUT2D eigenvalue weighted by atomic mass is 16.5. The lowest BCUT2D eigenvalue weighted by Gasteiger charge is -2.37. The molecule has 0 aromatic carbocycles. The topological polar surface area (TPSA) is 72.9 Å². The summed E-state index contributed by atoms with van der Waals surface area (Å²) in [5.41, 5.74) is 0.479. The van der Waals surface area contributed by atoms with E-state index in [2.05, 4.69) is 15.2 Å². The molecule has 1 aromatic heterocycles. The molecule has 2 atom stereocenters. The van der Waals surface area contributed by atoms with Crippen molar-refractivity contribution in [3.05, 3.63) is 23.9 Å². The predicted octanol–water partition coefficient (Wildman–Crippen LogP) is 0.947. The number of hydrogen-bond donors (Lipinski definition) is 1. The first-order valence-electron chi connectivity index (χ1n) is 9.05. The van der Waals surface area contributed by atoms with Gasteiger partial charge in [0, 0.05) is 44.4 Å².